The minimum Gasteiger partial charge on any atom is -0.462 e. The van der Waals surface area contributed by atoms with E-state index in [0.717, 1.165) is 55.9 Å². The number of unbranched alkanes of at least 4 members (excludes halogenated alkanes) is 24. The zero-order valence-electron chi connectivity index (χ0n) is 38.6. The third-order valence-corrected chi connectivity index (χ3v) is 13.8. The van der Waals surface area contributed by atoms with Gasteiger partial charge in [0.15, 0.2) is 12.3 Å². The Morgan fingerprint density at radius 2 is 1.16 bits per heavy atom. The number of aliphatic hydroxyl groups is 2. The van der Waals surface area contributed by atoms with Crippen molar-refractivity contribution in [2.75, 3.05) is 25.6 Å². The van der Waals surface area contributed by atoms with E-state index in [0.29, 0.717) is 12.8 Å². The van der Waals surface area contributed by atoms with Crippen molar-refractivity contribution >= 4 is 33.4 Å². The normalized spacial score (nSPS) is 19.1. The van der Waals surface area contributed by atoms with Gasteiger partial charge in [-0.2, -0.15) is 9.29 Å². The summed E-state index contributed by atoms with van der Waals surface area (Å²) in [4.78, 5) is 60.7. The van der Waals surface area contributed by atoms with E-state index in [1.54, 1.807) is 0 Å². The third kappa shape index (κ3) is 26.8. The minimum absolute atomic E-state index is 0.0430. The number of hydrogen-bond donors (Lipinski definition) is 5. The zero-order valence-corrected chi connectivity index (χ0v) is 40.4. The molecule has 2 rings (SSSR count). The molecular weight excluding hydrogens is 872 g/mol. The highest BCUT2D eigenvalue weighted by molar-refractivity contribution is 7.61. The molecule has 1 aliphatic rings. The van der Waals surface area contributed by atoms with E-state index >= 15 is 0 Å². The number of ether oxygens (including phenoxy) is 3. The van der Waals surface area contributed by atoms with Crippen LogP contribution < -0.4 is 11.4 Å². The molecule has 372 valence electrons. The van der Waals surface area contributed by atoms with Crippen LogP contribution in [0.15, 0.2) is 17.1 Å². The molecule has 6 atom stereocenters. The van der Waals surface area contributed by atoms with Crippen molar-refractivity contribution < 1.29 is 66.3 Å². The summed E-state index contributed by atoms with van der Waals surface area (Å²) in [6, 6.07) is 1.25. The number of nitrogens with two attached hydrogens (primary N) is 1. The van der Waals surface area contributed by atoms with E-state index < -0.39 is 83.7 Å². The molecule has 0 amide bonds. The highest BCUT2D eigenvalue weighted by Crippen LogP contribution is 2.61. The number of aliphatic hydroxyl groups excluding tert-OH is 2. The van der Waals surface area contributed by atoms with Crippen LogP contribution in [0.3, 0.4) is 0 Å². The molecule has 0 bridgehead atoms. The van der Waals surface area contributed by atoms with Crippen molar-refractivity contribution in [1.29, 1.82) is 0 Å². The smallest absolute Gasteiger partial charge is 0.462 e. The summed E-state index contributed by atoms with van der Waals surface area (Å²) in [6.07, 6.45) is 23.0. The first-order chi connectivity index (χ1) is 30.7. The summed E-state index contributed by atoms with van der Waals surface area (Å²) < 4.78 is 57.6. The van der Waals surface area contributed by atoms with Crippen LogP contribution in [0.25, 0.3) is 0 Å². The average molecular weight is 954 g/mol. The molecule has 0 spiro atoms. The molecule has 1 aromatic heterocycles. The minimum atomic E-state index is -5.56. The second-order valence-electron chi connectivity index (χ2n) is 17.0. The Balaban J connectivity index is 1.91. The molecule has 6 N–H and O–H groups in total. The highest BCUT2D eigenvalue weighted by atomic mass is 31.3. The highest BCUT2D eigenvalue weighted by Gasteiger charge is 2.46. The lowest BCUT2D eigenvalue weighted by molar-refractivity contribution is -0.161. The maximum absolute atomic E-state index is 13.6. The molecule has 0 aromatic carbocycles. The maximum Gasteiger partial charge on any atom is 0.483 e. The number of rotatable bonds is 40. The summed E-state index contributed by atoms with van der Waals surface area (Å²) in [5.41, 5.74) is 4.62. The van der Waals surface area contributed by atoms with Crippen LogP contribution in [0, 0.1) is 0 Å². The zero-order chi connectivity index (χ0) is 47.1. The molecule has 0 aliphatic carbocycles. The summed E-state index contributed by atoms with van der Waals surface area (Å²) in [5, 5.41) is 21.2. The van der Waals surface area contributed by atoms with Gasteiger partial charge in [0.1, 0.15) is 30.7 Å². The second kappa shape index (κ2) is 34.1. The summed E-state index contributed by atoms with van der Waals surface area (Å²) in [6.45, 7) is 2.17. The quantitative estimate of drug-likeness (QED) is 0.0233. The van der Waals surface area contributed by atoms with E-state index in [2.05, 4.69) is 23.1 Å². The molecule has 64 heavy (non-hydrogen) atoms. The molecule has 20 heteroatoms. The molecule has 1 fully saturated rings. The van der Waals surface area contributed by atoms with Crippen molar-refractivity contribution in [3.8, 4) is 0 Å². The number of carbonyl (C=O) groups is 2. The van der Waals surface area contributed by atoms with Crippen molar-refractivity contribution in [3.05, 3.63) is 22.7 Å². The predicted octanol–water partition coefficient (Wildman–Crippen LogP) is 9.11. The van der Waals surface area contributed by atoms with Crippen LogP contribution in [0.1, 0.15) is 200 Å². The number of phosphoric acid groups is 2. The number of phosphoric ester groups is 1. The van der Waals surface area contributed by atoms with E-state index in [-0.39, 0.29) is 18.7 Å². The number of aromatic nitrogens is 2. The molecule has 0 radical (unpaired) electrons. The topological polar surface area (TPSA) is 265 Å². The van der Waals surface area contributed by atoms with Gasteiger partial charge in [0.25, 0.3) is 0 Å². The SMILES string of the molecule is CCCCCCCCCCCCCCCC(=O)OC[C@H](COP(=O)(OC[C@H]1O[C@@H](n2ccc(N)nc2=O)[C@H](O)[C@@H]1O)OP(=O)(O)O)OC(=O)CCCCCCCCCCCCCCC. The molecule has 2 heterocycles. The Kier molecular flexibility index (Phi) is 30.9. The Morgan fingerprint density at radius 3 is 1.61 bits per heavy atom. The molecule has 1 unspecified atom stereocenters. The monoisotopic (exact) mass is 954 g/mol. The van der Waals surface area contributed by atoms with Gasteiger partial charge in [-0.05, 0) is 18.9 Å². The lowest BCUT2D eigenvalue weighted by Crippen LogP contribution is -2.36. The van der Waals surface area contributed by atoms with Crippen LogP contribution in [0.5, 0.6) is 0 Å². The first kappa shape index (κ1) is 57.9. The van der Waals surface area contributed by atoms with Crippen molar-refractivity contribution in [3.63, 3.8) is 0 Å². The lowest BCUT2D eigenvalue weighted by atomic mass is 10.0. The Morgan fingerprint density at radius 1 is 0.703 bits per heavy atom. The van der Waals surface area contributed by atoms with Crippen LogP contribution in [-0.4, -0.2) is 85.7 Å². The number of esters is 2. The van der Waals surface area contributed by atoms with Gasteiger partial charge >= 0.3 is 33.3 Å². The van der Waals surface area contributed by atoms with Gasteiger partial charge in [-0.25, -0.2) is 13.9 Å². The molecule has 18 nitrogen and oxygen atoms in total. The van der Waals surface area contributed by atoms with Gasteiger partial charge in [0, 0.05) is 19.0 Å². The predicted molar refractivity (Wildman–Crippen MR) is 243 cm³/mol. The van der Waals surface area contributed by atoms with Crippen LogP contribution >= 0.6 is 15.6 Å². The first-order valence-electron chi connectivity index (χ1n) is 24.0. The van der Waals surface area contributed by atoms with E-state index in [9.17, 15) is 43.5 Å². The Labute approximate surface area is 380 Å². The van der Waals surface area contributed by atoms with Gasteiger partial charge < -0.3 is 39.9 Å². The van der Waals surface area contributed by atoms with Crippen LogP contribution in [0.4, 0.5) is 5.82 Å². The fourth-order valence-electron chi connectivity index (χ4n) is 7.46. The molecule has 0 saturated carbocycles. The maximum atomic E-state index is 13.6. The number of nitrogen functional groups attached to an aromatic ring is 1. The number of hydrogen-bond acceptors (Lipinski definition) is 15. The van der Waals surface area contributed by atoms with Gasteiger partial charge in [0.05, 0.1) is 13.2 Å². The van der Waals surface area contributed by atoms with Gasteiger partial charge in [-0.3, -0.25) is 23.2 Å². The molecule has 1 aliphatic heterocycles. The number of anilines is 1. The second-order valence-corrected chi connectivity index (χ2v) is 20.0. The van der Waals surface area contributed by atoms with E-state index in [1.165, 1.54) is 115 Å². The number of nitrogens with zero attached hydrogens (tertiary/aromatic N) is 2. The van der Waals surface area contributed by atoms with E-state index in [1.807, 2.05) is 0 Å². The summed E-state index contributed by atoms with van der Waals surface area (Å²) >= 11 is 0. The fraction of sp³-hybridized carbons (Fsp3) is 0.864. The van der Waals surface area contributed by atoms with Crippen LogP contribution in [-0.2, 0) is 46.3 Å². The lowest BCUT2D eigenvalue weighted by Gasteiger charge is -2.23. The van der Waals surface area contributed by atoms with Gasteiger partial charge in [-0.15, -0.1) is 0 Å². The van der Waals surface area contributed by atoms with Crippen molar-refractivity contribution in [2.24, 2.45) is 0 Å². The average Bonchev–Trinajstić information content (AvgIpc) is 3.52. The largest absolute Gasteiger partial charge is 0.483 e. The molecular formula is C44H81N3O15P2. The Bertz CT molecular complexity index is 1560. The third-order valence-electron chi connectivity index (χ3n) is 11.2. The fourth-order valence-corrected chi connectivity index (χ4v) is 9.64. The van der Waals surface area contributed by atoms with Crippen molar-refractivity contribution in [2.45, 2.75) is 224 Å². The molecule has 1 aromatic rings. The molecule has 1 saturated heterocycles. The standard InChI is InChI=1S/C44H81N3O15P2/c1-3-5-7-9-11-13-15-17-19-21-23-25-27-29-39(48)57-33-36(60-40(49)30-28-26-24-22-20-18-16-14-12-10-8-6-4-2)34-58-64(56,62-63(53,54)55)59-35-37-41(50)42(51)43(61-37)47-32-31-38(45)46-44(47)52/h31-32,36-37,41-43,50-51H,3-30,33-35H2,1-2H3,(H2,45,46,52)(H2,53,54,55)/t36-,37-,41-,42-,43-,64?/m1/s1. The first-order valence-corrected chi connectivity index (χ1v) is 27.0. The van der Waals surface area contributed by atoms with Gasteiger partial charge in [0.2, 0.25) is 0 Å². The van der Waals surface area contributed by atoms with Gasteiger partial charge in [-0.1, -0.05) is 168 Å². The Hall–Kier alpha value is -2.24. The van der Waals surface area contributed by atoms with Crippen molar-refractivity contribution in [1.82, 2.24) is 9.55 Å². The van der Waals surface area contributed by atoms with E-state index in [4.69, 9.17) is 29.0 Å². The summed E-state index contributed by atoms with van der Waals surface area (Å²) in [5.74, 6) is -1.30. The van der Waals surface area contributed by atoms with Crippen LogP contribution in [0.2, 0.25) is 0 Å². The number of carbonyl (C=O) groups excluding carboxylic acids is 2. The summed E-state index contributed by atoms with van der Waals surface area (Å²) in [7, 11) is -10.8.